The molecule has 0 unspecified atom stereocenters. The zero-order chi connectivity index (χ0) is 19.3. The van der Waals surface area contributed by atoms with Crippen LogP contribution in [-0.4, -0.2) is 32.3 Å². The van der Waals surface area contributed by atoms with Gasteiger partial charge in [0, 0.05) is 5.56 Å². The third-order valence-corrected chi connectivity index (χ3v) is 4.07. The third kappa shape index (κ3) is 3.33. The smallest absolute Gasteiger partial charge is 0.285 e. The molecule has 0 saturated carbocycles. The minimum Gasteiger partial charge on any atom is -0.489 e. The van der Waals surface area contributed by atoms with Crippen LogP contribution in [0.4, 0.5) is 0 Å². The van der Waals surface area contributed by atoms with Gasteiger partial charge in [-0.1, -0.05) is 43.0 Å². The Morgan fingerprint density at radius 1 is 1.11 bits per heavy atom. The van der Waals surface area contributed by atoms with E-state index in [4.69, 9.17) is 4.74 Å². The highest BCUT2D eigenvalue weighted by molar-refractivity contribution is 5.83. The van der Waals surface area contributed by atoms with Crippen molar-refractivity contribution < 1.29 is 4.74 Å². The Morgan fingerprint density at radius 2 is 1.89 bits per heavy atom. The largest absolute Gasteiger partial charge is 0.489 e. The normalized spacial score (nSPS) is 11.1. The molecule has 4 aromatic rings. The molecule has 28 heavy (non-hydrogen) atoms. The van der Waals surface area contributed by atoms with Gasteiger partial charge in [-0.2, -0.15) is 14.9 Å². The molecule has 0 aliphatic heterocycles. The topological polar surface area (TPSA) is 74.3 Å². The minimum atomic E-state index is -0.298. The summed E-state index contributed by atoms with van der Waals surface area (Å²) in [4.78, 5) is 17.1. The average molecular weight is 371 g/mol. The van der Waals surface area contributed by atoms with E-state index in [1.165, 1.54) is 17.2 Å². The number of fused-ring (bicyclic) bond motifs is 1. The van der Waals surface area contributed by atoms with Crippen LogP contribution in [0, 0.1) is 0 Å². The second-order valence-electron chi connectivity index (χ2n) is 5.91. The maximum absolute atomic E-state index is 12.8. The van der Waals surface area contributed by atoms with Crippen molar-refractivity contribution in [2.75, 3.05) is 6.61 Å². The van der Waals surface area contributed by atoms with Gasteiger partial charge in [-0.3, -0.25) is 4.79 Å². The Balaban J connectivity index is 1.70. The van der Waals surface area contributed by atoms with Crippen molar-refractivity contribution >= 4 is 17.2 Å². The van der Waals surface area contributed by atoms with Crippen LogP contribution in [0.5, 0.6) is 5.75 Å². The van der Waals surface area contributed by atoms with Crippen LogP contribution < -0.4 is 10.3 Å². The minimum absolute atomic E-state index is 0.298. The molecule has 2 heterocycles. The maximum Gasteiger partial charge on any atom is 0.285 e. The first kappa shape index (κ1) is 17.4. The van der Waals surface area contributed by atoms with Crippen molar-refractivity contribution in [3.8, 4) is 11.4 Å². The molecule has 0 atom stereocenters. The number of aromatic nitrogens is 4. The summed E-state index contributed by atoms with van der Waals surface area (Å²) < 4.78 is 8.41. The Labute approximate surface area is 160 Å². The zero-order valence-corrected chi connectivity index (χ0v) is 15.0. The highest BCUT2D eigenvalue weighted by atomic mass is 16.5. The number of rotatable bonds is 6. The molecule has 0 fully saturated rings. The van der Waals surface area contributed by atoms with Crippen LogP contribution in [0.1, 0.15) is 5.56 Å². The SMILES string of the molecule is C=CCOc1ccccc1/C=N\n1cnc2c(cnn2-c2ccccc2)c1=O. The van der Waals surface area contributed by atoms with Crippen LogP contribution >= 0.6 is 0 Å². The lowest BCUT2D eigenvalue weighted by atomic mass is 10.2. The predicted octanol–water partition coefficient (Wildman–Crippen LogP) is 3.03. The number of hydrogen-bond donors (Lipinski definition) is 0. The fourth-order valence-corrected chi connectivity index (χ4v) is 2.73. The average Bonchev–Trinajstić information content (AvgIpc) is 3.18. The molecule has 0 aliphatic rings. The maximum atomic E-state index is 12.8. The van der Waals surface area contributed by atoms with E-state index in [1.807, 2.05) is 54.6 Å². The fraction of sp³-hybridized carbons (Fsp3) is 0.0476. The highest BCUT2D eigenvalue weighted by Crippen LogP contribution is 2.16. The molecule has 0 bridgehead atoms. The molecular weight excluding hydrogens is 354 g/mol. The molecule has 138 valence electrons. The predicted molar refractivity (Wildman–Crippen MR) is 108 cm³/mol. The number of benzene rings is 2. The standard InChI is InChI=1S/C21H17N5O2/c1-2-12-28-19-11-7-6-8-16(19)13-23-25-15-22-20-18(21(25)27)14-24-26(20)17-9-4-3-5-10-17/h2-11,13-15H,1,12H2/b23-13-. The lowest BCUT2D eigenvalue weighted by Crippen LogP contribution is -2.17. The number of nitrogens with zero attached hydrogens (tertiary/aromatic N) is 5. The monoisotopic (exact) mass is 371 g/mol. The molecule has 2 aromatic heterocycles. The van der Waals surface area contributed by atoms with Gasteiger partial charge in [0.05, 0.1) is 18.1 Å². The zero-order valence-electron chi connectivity index (χ0n) is 15.0. The first-order chi connectivity index (χ1) is 13.8. The highest BCUT2D eigenvalue weighted by Gasteiger charge is 2.11. The van der Waals surface area contributed by atoms with Crippen molar-refractivity contribution in [2.45, 2.75) is 0 Å². The first-order valence-electron chi connectivity index (χ1n) is 8.66. The van der Waals surface area contributed by atoms with Crippen LogP contribution in [0.15, 0.2) is 89.7 Å². The summed E-state index contributed by atoms with van der Waals surface area (Å²) in [7, 11) is 0. The van der Waals surface area contributed by atoms with Gasteiger partial charge in [-0.25, -0.2) is 9.67 Å². The molecule has 0 saturated heterocycles. The summed E-state index contributed by atoms with van der Waals surface area (Å²) >= 11 is 0. The van der Waals surface area contributed by atoms with E-state index in [9.17, 15) is 4.79 Å². The molecular formula is C21H17N5O2. The molecule has 7 heteroatoms. The molecule has 0 amide bonds. The van der Waals surface area contributed by atoms with E-state index in [2.05, 4.69) is 21.8 Å². The molecule has 0 spiro atoms. The Morgan fingerprint density at radius 3 is 2.71 bits per heavy atom. The molecule has 4 rings (SSSR count). The van der Waals surface area contributed by atoms with E-state index < -0.39 is 0 Å². The van der Waals surface area contributed by atoms with E-state index in [-0.39, 0.29) is 5.56 Å². The molecule has 0 radical (unpaired) electrons. The summed E-state index contributed by atoms with van der Waals surface area (Å²) in [6.45, 7) is 4.03. The number of hydrogen-bond acceptors (Lipinski definition) is 5. The van der Waals surface area contributed by atoms with Crippen molar-refractivity contribution in [2.24, 2.45) is 5.10 Å². The van der Waals surface area contributed by atoms with Gasteiger partial charge in [-0.15, -0.1) is 0 Å². The summed E-state index contributed by atoms with van der Waals surface area (Å²) in [5.41, 5.74) is 1.76. The molecule has 0 N–H and O–H groups in total. The number of para-hydroxylation sites is 2. The Kier molecular flexibility index (Phi) is 4.79. The van der Waals surface area contributed by atoms with E-state index in [0.29, 0.717) is 23.4 Å². The third-order valence-electron chi connectivity index (χ3n) is 4.07. The van der Waals surface area contributed by atoms with Gasteiger partial charge in [0.15, 0.2) is 5.65 Å². The van der Waals surface area contributed by atoms with Crippen LogP contribution in [0.25, 0.3) is 16.7 Å². The lowest BCUT2D eigenvalue weighted by molar-refractivity contribution is 0.362. The van der Waals surface area contributed by atoms with Gasteiger partial charge in [-0.05, 0) is 24.3 Å². The van der Waals surface area contributed by atoms with Gasteiger partial charge in [0.1, 0.15) is 24.1 Å². The molecule has 2 aromatic carbocycles. The van der Waals surface area contributed by atoms with E-state index in [1.54, 1.807) is 17.0 Å². The fourth-order valence-electron chi connectivity index (χ4n) is 2.73. The Bertz CT molecular complexity index is 1210. The van der Waals surface area contributed by atoms with Gasteiger partial charge >= 0.3 is 0 Å². The first-order valence-corrected chi connectivity index (χ1v) is 8.66. The summed E-state index contributed by atoms with van der Waals surface area (Å²) in [5, 5.41) is 8.93. The van der Waals surface area contributed by atoms with Crippen molar-refractivity contribution in [1.82, 2.24) is 19.4 Å². The van der Waals surface area contributed by atoms with E-state index >= 15 is 0 Å². The van der Waals surface area contributed by atoms with E-state index in [0.717, 1.165) is 11.3 Å². The van der Waals surface area contributed by atoms with Gasteiger partial charge in [0.25, 0.3) is 5.56 Å². The van der Waals surface area contributed by atoms with Gasteiger partial charge in [0.2, 0.25) is 0 Å². The lowest BCUT2D eigenvalue weighted by Gasteiger charge is -2.06. The second-order valence-corrected chi connectivity index (χ2v) is 5.91. The second kappa shape index (κ2) is 7.71. The number of ether oxygens (including phenoxy) is 1. The van der Waals surface area contributed by atoms with Gasteiger partial charge < -0.3 is 4.74 Å². The van der Waals surface area contributed by atoms with Crippen LogP contribution in [0.2, 0.25) is 0 Å². The van der Waals surface area contributed by atoms with Crippen molar-refractivity contribution in [3.63, 3.8) is 0 Å². The van der Waals surface area contributed by atoms with Crippen LogP contribution in [0.3, 0.4) is 0 Å². The molecule has 7 nitrogen and oxygen atoms in total. The van der Waals surface area contributed by atoms with Crippen molar-refractivity contribution in [1.29, 1.82) is 0 Å². The quantitative estimate of drug-likeness (QED) is 0.386. The summed E-state index contributed by atoms with van der Waals surface area (Å²) in [6.07, 6.45) is 6.12. The molecule has 0 aliphatic carbocycles. The summed E-state index contributed by atoms with van der Waals surface area (Å²) in [5.74, 6) is 0.658. The summed E-state index contributed by atoms with van der Waals surface area (Å²) in [6, 6.07) is 17.0. The van der Waals surface area contributed by atoms with Crippen molar-refractivity contribution in [3.05, 3.63) is 95.7 Å². The Hall–Kier alpha value is -4.00. The van der Waals surface area contributed by atoms with Crippen LogP contribution in [-0.2, 0) is 0 Å².